The molecule has 0 aromatic rings. The van der Waals surface area contributed by atoms with Crippen molar-refractivity contribution in [1.29, 1.82) is 0 Å². The Morgan fingerprint density at radius 3 is 1.55 bits per heavy atom. The molecule has 1 atom stereocenters. The van der Waals surface area contributed by atoms with Crippen LogP contribution in [0.25, 0.3) is 0 Å². The largest absolute Gasteiger partial charge is 0.343 e. The first-order chi connectivity index (χ1) is 4.63. The maximum Gasteiger partial charge on any atom is 0.343 e. The highest BCUT2D eigenvalue weighted by Crippen LogP contribution is 2.40. The van der Waals surface area contributed by atoms with Crippen molar-refractivity contribution >= 4 is 68.1 Å². The number of halogens is 5. The molecule has 0 spiro atoms. The molecule has 0 aromatic heterocycles. The van der Waals surface area contributed by atoms with Gasteiger partial charge in [0.1, 0.15) is 0 Å². The predicted octanol–water partition coefficient (Wildman–Crippen LogP) is 4.58. The first-order valence-electron chi connectivity index (χ1n) is 3.07. The Balaban J connectivity index is 3.99. The van der Waals surface area contributed by atoms with E-state index in [0.717, 1.165) is 0 Å². The molecule has 0 aliphatic heterocycles. The van der Waals surface area contributed by atoms with Gasteiger partial charge in [-0.1, -0.05) is 6.92 Å². The molecular formula is C4H9Cl5Si2. The second-order valence-electron chi connectivity index (χ2n) is 2.72. The van der Waals surface area contributed by atoms with Gasteiger partial charge in [0.05, 0.1) is 0 Å². The summed E-state index contributed by atoms with van der Waals surface area (Å²) in [5, 5.41) is 0. The van der Waals surface area contributed by atoms with Crippen LogP contribution >= 0.6 is 55.4 Å². The lowest BCUT2D eigenvalue weighted by Crippen LogP contribution is -2.24. The molecular weight excluding hydrogens is 281 g/mol. The Bertz CT molecular complexity index is 125. The molecule has 7 heteroatoms. The molecule has 68 valence electrons. The molecule has 0 aliphatic carbocycles. The number of hydrogen-bond acceptors (Lipinski definition) is 0. The van der Waals surface area contributed by atoms with Crippen LogP contribution in [0, 0.1) is 0 Å². The van der Waals surface area contributed by atoms with E-state index in [1.807, 2.05) is 13.5 Å². The number of hydrogen-bond donors (Lipinski definition) is 0. The zero-order valence-electron chi connectivity index (χ0n) is 6.17. The lowest BCUT2D eigenvalue weighted by molar-refractivity contribution is 1.04. The maximum atomic E-state index is 5.88. The van der Waals surface area contributed by atoms with Gasteiger partial charge >= 0.3 is 6.00 Å². The van der Waals surface area contributed by atoms with E-state index in [-0.39, 0.29) is 5.54 Å². The van der Waals surface area contributed by atoms with Crippen molar-refractivity contribution in [2.24, 2.45) is 0 Å². The van der Waals surface area contributed by atoms with Crippen molar-refractivity contribution in [3.63, 3.8) is 0 Å². The fraction of sp³-hybridized carbons (Fsp3) is 1.00. The van der Waals surface area contributed by atoms with Crippen molar-refractivity contribution in [3.8, 4) is 0 Å². The third-order valence-corrected chi connectivity index (χ3v) is 8.56. The monoisotopic (exact) mass is 288 g/mol. The van der Waals surface area contributed by atoms with Crippen LogP contribution in [0.1, 0.15) is 6.92 Å². The van der Waals surface area contributed by atoms with Crippen molar-refractivity contribution < 1.29 is 0 Å². The van der Waals surface area contributed by atoms with E-state index in [2.05, 4.69) is 0 Å². The van der Waals surface area contributed by atoms with Crippen LogP contribution in [0.2, 0.25) is 18.1 Å². The fourth-order valence-corrected chi connectivity index (χ4v) is 8.13. The van der Waals surface area contributed by atoms with Gasteiger partial charge in [0.2, 0.25) is 6.69 Å². The van der Waals surface area contributed by atoms with Gasteiger partial charge in [-0.15, -0.1) is 55.4 Å². The van der Waals surface area contributed by atoms with E-state index in [4.69, 9.17) is 55.4 Å². The summed E-state index contributed by atoms with van der Waals surface area (Å²) in [7, 11) is 0. The van der Waals surface area contributed by atoms with Gasteiger partial charge in [0.25, 0.3) is 0 Å². The topological polar surface area (TPSA) is 0 Å². The molecule has 0 nitrogen and oxygen atoms in total. The highest BCUT2D eigenvalue weighted by Gasteiger charge is 2.38. The molecule has 0 rings (SSSR count). The number of rotatable bonds is 3. The molecule has 1 unspecified atom stereocenters. The fourth-order valence-electron chi connectivity index (χ4n) is 0.653. The van der Waals surface area contributed by atoms with Crippen LogP contribution in [0.5, 0.6) is 0 Å². The van der Waals surface area contributed by atoms with Crippen LogP contribution < -0.4 is 0 Å². The van der Waals surface area contributed by atoms with E-state index in [1.165, 1.54) is 0 Å². The van der Waals surface area contributed by atoms with Crippen LogP contribution in [0.15, 0.2) is 0 Å². The Morgan fingerprint density at radius 1 is 1.09 bits per heavy atom. The molecule has 0 bridgehead atoms. The molecule has 0 fully saturated rings. The lowest BCUT2D eigenvalue weighted by atomic mass is 10.6. The molecule has 0 saturated heterocycles. The zero-order chi connectivity index (χ0) is 9.28. The molecule has 0 N–H and O–H groups in total. The minimum absolute atomic E-state index is 0.0409. The third kappa shape index (κ3) is 6.99. The van der Waals surface area contributed by atoms with E-state index in [9.17, 15) is 0 Å². The quantitative estimate of drug-likeness (QED) is 0.527. The third-order valence-electron chi connectivity index (χ3n) is 1.22. The molecule has 0 saturated carbocycles. The Morgan fingerprint density at radius 2 is 1.45 bits per heavy atom. The SMILES string of the molecule is CC(C[Si](C)(Cl)Cl)[Si](Cl)(Cl)Cl. The highest BCUT2D eigenvalue weighted by atomic mass is 35.8. The standard InChI is InChI=1S/C4H9Cl5Si2/c1-4(11(7,8)9)3-10(2,5)6/h4H,3H2,1-2H3. The van der Waals surface area contributed by atoms with Crippen molar-refractivity contribution in [1.82, 2.24) is 0 Å². The summed E-state index contributed by atoms with van der Waals surface area (Å²) in [6.07, 6.45) is 0. The molecule has 0 aromatic carbocycles. The maximum absolute atomic E-state index is 5.88. The Labute approximate surface area is 92.6 Å². The van der Waals surface area contributed by atoms with Crippen LogP contribution in [-0.4, -0.2) is 12.7 Å². The van der Waals surface area contributed by atoms with Crippen LogP contribution in [-0.2, 0) is 0 Å². The van der Waals surface area contributed by atoms with E-state index in [1.54, 1.807) is 0 Å². The molecule has 0 aliphatic rings. The van der Waals surface area contributed by atoms with Gasteiger partial charge in [-0.3, -0.25) is 0 Å². The highest BCUT2D eigenvalue weighted by molar-refractivity contribution is 7.65. The zero-order valence-corrected chi connectivity index (χ0v) is 12.0. The molecule has 0 radical (unpaired) electrons. The summed E-state index contributed by atoms with van der Waals surface area (Å²) in [6, 6.07) is -1.94. The van der Waals surface area contributed by atoms with Crippen molar-refractivity contribution in [3.05, 3.63) is 0 Å². The Hall–Kier alpha value is 1.88. The van der Waals surface area contributed by atoms with E-state index < -0.39 is 12.7 Å². The second-order valence-corrected chi connectivity index (χ2v) is 20.0. The van der Waals surface area contributed by atoms with E-state index >= 15 is 0 Å². The first kappa shape index (κ1) is 12.9. The summed E-state index contributed by atoms with van der Waals surface area (Å²) in [4.78, 5) is 0. The lowest BCUT2D eigenvalue weighted by Gasteiger charge is -2.21. The van der Waals surface area contributed by atoms with Crippen LogP contribution in [0.3, 0.4) is 0 Å². The first-order valence-corrected chi connectivity index (χ1v) is 12.9. The molecule has 11 heavy (non-hydrogen) atoms. The smallest absolute Gasteiger partial charge is 0.146 e. The minimum atomic E-state index is -2.59. The Kier molecular flexibility index (Phi) is 5.16. The second kappa shape index (κ2) is 4.40. The van der Waals surface area contributed by atoms with Gasteiger partial charge in [0, 0.05) is 0 Å². The normalized spacial score (nSPS) is 16.6. The van der Waals surface area contributed by atoms with Gasteiger partial charge in [-0.25, -0.2) is 0 Å². The van der Waals surface area contributed by atoms with Gasteiger partial charge in [-0.05, 0) is 18.1 Å². The van der Waals surface area contributed by atoms with Crippen LogP contribution in [0.4, 0.5) is 0 Å². The summed E-state index contributed by atoms with van der Waals surface area (Å²) < 4.78 is 0. The predicted molar refractivity (Wildman–Crippen MR) is 60.9 cm³/mol. The molecule has 0 heterocycles. The van der Waals surface area contributed by atoms with Crippen molar-refractivity contribution in [2.75, 3.05) is 0 Å². The summed E-state index contributed by atoms with van der Waals surface area (Å²) in [6.45, 7) is 1.61. The van der Waals surface area contributed by atoms with Gasteiger partial charge < -0.3 is 0 Å². The molecule has 0 amide bonds. The minimum Gasteiger partial charge on any atom is -0.146 e. The average molecular weight is 291 g/mol. The summed E-state index contributed by atoms with van der Waals surface area (Å²) in [5.74, 6) is 0. The van der Waals surface area contributed by atoms with Crippen molar-refractivity contribution in [2.45, 2.75) is 25.1 Å². The summed E-state index contributed by atoms with van der Waals surface area (Å²) in [5.41, 5.74) is 0.0409. The van der Waals surface area contributed by atoms with Gasteiger partial charge in [-0.2, -0.15) is 0 Å². The average Bonchev–Trinajstić information content (AvgIpc) is 1.56. The van der Waals surface area contributed by atoms with Gasteiger partial charge in [0.15, 0.2) is 0 Å². The summed E-state index contributed by atoms with van der Waals surface area (Å²) >= 11 is 29.1. The van der Waals surface area contributed by atoms with E-state index in [0.29, 0.717) is 6.04 Å².